The van der Waals surface area contributed by atoms with Gasteiger partial charge < -0.3 is 4.57 Å². The summed E-state index contributed by atoms with van der Waals surface area (Å²) in [5.41, 5.74) is 3.60. The fourth-order valence-electron chi connectivity index (χ4n) is 3.15. The van der Waals surface area contributed by atoms with Crippen molar-refractivity contribution in [1.82, 2.24) is 4.57 Å². The van der Waals surface area contributed by atoms with Crippen LogP contribution in [0.5, 0.6) is 0 Å². The van der Waals surface area contributed by atoms with Gasteiger partial charge in [0.1, 0.15) is 0 Å². The number of thiazole rings is 1. The Labute approximate surface area is 179 Å². The zero-order valence-electron chi connectivity index (χ0n) is 16.1. The summed E-state index contributed by atoms with van der Waals surface area (Å²) in [6.45, 7) is 6.83. The molecule has 0 radical (unpaired) electrons. The number of halogens is 2. The SMILES string of the molecule is CCCc1sc(=NC(=O)c2ccccc2C)n(CC)c1-c1ccc(Cl)c(Cl)c1. The van der Waals surface area contributed by atoms with Crippen LogP contribution in [0.1, 0.15) is 41.1 Å². The van der Waals surface area contributed by atoms with Gasteiger partial charge in [-0.3, -0.25) is 4.79 Å². The van der Waals surface area contributed by atoms with E-state index < -0.39 is 0 Å². The Hall–Kier alpha value is -1.88. The van der Waals surface area contributed by atoms with Crippen LogP contribution in [-0.2, 0) is 13.0 Å². The van der Waals surface area contributed by atoms with Crippen LogP contribution < -0.4 is 4.80 Å². The Bertz CT molecular complexity index is 1080. The van der Waals surface area contributed by atoms with Gasteiger partial charge in [0.25, 0.3) is 5.91 Å². The summed E-state index contributed by atoms with van der Waals surface area (Å²) in [4.78, 5) is 19.2. The smallest absolute Gasteiger partial charge is 0.279 e. The van der Waals surface area contributed by atoms with E-state index in [0.29, 0.717) is 27.0 Å². The highest BCUT2D eigenvalue weighted by molar-refractivity contribution is 7.09. The first-order valence-electron chi connectivity index (χ1n) is 9.28. The molecule has 0 aliphatic rings. The maximum absolute atomic E-state index is 12.8. The van der Waals surface area contributed by atoms with Crippen LogP contribution in [-0.4, -0.2) is 10.5 Å². The number of carbonyl (C=O) groups excluding carboxylic acids is 1. The van der Waals surface area contributed by atoms with Crippen molar-refractivity contribution in [3.8, 4) is 11.3 Å². The molecule has 0 spiro atoms. The van der Waals surface area contributed by atoms with Gasteiger partial charge in [0.15, 0.2) is 4.80 Å². The Kier molecular flexibility index (Phi) is 6.76. The van der Waals surface area contributed by atoms with E-state index in [9.17, 15) is 4.79 Å². The summed E-state index contributed by atoms with van der Waals surface area (Å²) >= 11 is 13.9. The third-order valence-corrected chi connectivity index (χ3v) is 6.42. The standard InChI is InChI=1S/C22H22Cl2N2OS/c1-4-8-19-20(15-11-12-17(23)18(24)13-15)26(5-2)22(28-19)25-21(27)16-10-7-6-9-14(16)3/h6-7,9-13H,4-5,8H2,1-3H3. The lowest BCUT2D eigenvalue weighted by Gasteiger charge is -2.10. The van der Waals surface area contributed by atoms with E-state index in [2.05, 4.69) is 23.4 Å². The van der Waals surface area contributed by atoms with E-state index in [0.717, 1.165) is 29.7 Å². The van der Waals surface area contributed by atoms with Crippen LogP contribution in [0.25, 0.3) is 11.3 Å². The second-order valence-corrected chi connectivity index (χ2v) is 8.39. The molecule has 3 rings (SSSR count). The Morgan fingerprint density at radius 3 is 2.50 bits per heavy atom. The number of benzene rings is 2. The van der Waals surface area contributed by atoms with Gasteiger partial charge in [-0.05, 0) is 44.0 Å². The molecule has 3 nitrogen and oxygen atoms in total. The van der Waals surface area contributed by atoms with Crippen molar-refractivity contribution in [2.24, 2.45) is 4.99 Å². The molecule has 6 heteroatoms. The Morgan fingerprint density at radius 2 is 1.86 bits per heavy atom. The van der Waals surface area contributed by atoms with Crippen molar-refractivity contribution in [3.05, 3.63) is 73.3 Å². The highest BCUT2D eigenvalue weighted by Gasteiger charge is 2.17. The highest BCUT2D eigenvalue weighted by Crippen LogP contribution is 2.32. The summed E-state index contributed by atoms with van der Waals surface area (Å²) in [5, 5.41) is 1.05. The van der Waals surface area contributed by atoms with Crippen LogP contribution >= 0.6 is 34.5 Å². The van der Waals surface area contributed by atoms with E-state index in [1.807, 2.05) is 49.4 Å². The average molecular weight is 433 g/mol. The monoisotopic (exact) mass is 432 g/mol. The molecule has 1 heterocycles. The van der Waals surface area contributed by atoms with Gasteiger partial charge in [0.05, 0.1) is 15.7 Å². The molecule has 1 amide bonds. The summed E-state index contributed by atoms with van der Waals surface area (Å²) in [5.74, 6) is -0.217. The van der Waals surface area contributed by atoms with Gasteiger partial charge in [-0.25, -0.2) is 0 Å². The first-order chi connectivity index (χ1) is 13.5. The minimum atomic E-state index is -0.217. The molecule has 0 atom stereocenters. The molecule has 0 aliphatic carbocycles. The predicted octanol–water partition coefficient (Wildman–Crippen LogP) is 6.55. The van der Waals surface area contributed by atoms with E-state index in [-0.39, 0.29) is 5.91 Å². The molecule has 0 aliphatic heterocycles. The van der Waals surface area contributed by atoms with Crippen molar-refractivity contribution in [2.75, 3.05) is 0 Å². The first-order valence-corrected chi connectivity index (χ1v) is 10.9. The van der Waals surface area contributed by atoms with Crippen LogP contribution in [0.4, 0.5) is 0 Å². The maximum atomic E-state index is 12.8. The van der Waals surface area contributed by atoms with Crippen molar-refractivity contribution in [3.63, 3.8) is 0 Å². The number of aryl methyl sites for hydroxylation is 2. The molecule has 0 saturated carbocycles. The van der Waals surface area contributed by atoms with E-state index in [1.54, 1.807) is 11.3 Å². The molecule has 0 unspecified atom stereocenters. The molecular formula is C22H22Cl2N2OS. The molecule has 146 valence electrons. The number of hydrogen-bond donors (Lipinski definition) is 0. The number of hydrogen-bond acceptors (Lipinski definition) is 2. The van der Waals surface area contributed by atoms with Crippen LogP contribution in [0, 0.1) is 6.92 Å². The third kappa shape index (κ3) is 4.24. The van der Waals surface area contributed by atoms with Gasteiger partial charge in [-0.1, -0.05) is 60.8 Å². The number of nitrogens with zero attached hydrogens (tertiary/aromatic N) is 2. The topological polar surface area (TPSA) is 34.4 Å². The first kappa shape index (κ1) is 20.8. The van der Waals surface area contributed by atoms with Crippen molar-refractivity contribution in [2.45, 2.75) is 40.2 Å². The van der Waals surface area contributed by atoms with Gasteiger partial charge in [-0.15, -0.1) is 11.3 Å². The van der Waals surface area contributed by atoms with Crippen LogP contribution in [0.3, 0.4) is 0 Å². The number of aromatic nitrogens is 1. The molecule has 0 saturated heterocycles. The molecule has 0 N–H and O–H groups in total. The molecule has 28 heavy (non-hydrogen) atoms. The van der Waals surface area contributed by atoms with E-state index in [1.165, 1.54) is 4.88 Å². The van der Waals surface area contributed by atoms with Crippen LogP contribution in [0.15, 0.2) is 47.5 Å². The average Bonchev–Trinajstić information content (AvgIpc) is 3.01. The predicted molar refractivity (Wildman–Crippen MR) is 119 cm³/mol. The lowest BCUT2D eigenvalue weighted by atomic mass is 10.1. The van der Waals surface area contributed by atoms with Crippen molar-refractivity contribution < 1.29 is 4.79 Å². The van der Waals surface area contributed by atoms with Crippen molar-refractivity contribution >= 4 is 40.4 Å². The van der Waals surface area contributed by atoms with Gasteiger partial charge in [0, 0.05) is 22.5 Å². The van der Waals surface area contributed by atoms with Gasteiger partial charge in [0.2, 0.25) is 0 Å². The van der Waals surface area contributed by atoms with Gasteiger partial charge >= 0.3 is 0 Å². The fourth-order valence-corrected chi connectivity index (χ4v) is 4.76. The summed E-state index contributed by atoms with van der Waals surface area (Å²) in [6.07, 6.45) is 1.91. The number of rotatable bonds is 5. The molecule has 0 fully saturated rings. The van der Waals surface area contributed by atoms with Crippen LogP contribution in [0.2, 0.25) is 10.0 Å². The normalized spacial score (nSPS) is 11.8. The van der Waals surface area contributed by atoms with Gasteiger partial charge in [-0.2, -0.15) is 4.99 Å². The molecule has 3 aromatic rings. The zero-order valence-corrected chi connectivity index (χ0v) is 18.5. The minimum Gasteiger partial charge on any atom is -0.316 e. The molecular weight excluding hydrogens is 411 g/mol. The second kappa shape index (κ2) is 9.08. The maximum Gasteiger partial charge on any atom is 0.279 e. The molecule has 1 aromatic heterocycles. The fraction of sp³-hybridized carbons (Fsp3) is 0.273. The summed E-state index contributed by atoms with van der Waals surface area (Å²) in [6, 6.07) is 13.2. The van der Waals surface area contributed by atoms with E-state index >= 15 is 0 Å². The largest absolute Gasteiger partial charge is 0.316 e. The lowest BCUT2D eigenvalue weighted by molar-refractivity contribution is 0.0997. The zero-order chi connectivity index (χ0) is 20.3. The minimum absolute atomic E-state index is 0.217. The third-order valence-electron chi connectivity index (χ3n) is 4.54. The Balaban J connectivity index is 2.19. The summed E-state index contributed by atoms with van der Waals surface area (Å²) in [7, 11) is 0. The quantitative estimate of drug-likeness (QED) is 0.450. The Morgan fingerprint density at radius 1 is 1.11 bits per heavy atom. The highest BCUT2D eigenvalue weighted by atomic mass is 35.5. The second-order valence-electron chi connectivity index (χ2n) is 6.51. The van der Waals surface area contributed by atoms with Crippen molar-refractivity contribution in [1.29, 1.82) is 0 Å². The molecule has 2 aromatic carbocycles. The number of amides is 1. The number of carbonyl (C=O) groups is 1. The van der Waals surface area contributed by atoms with E-state index in [4.69, 9.17) is 23.2 Å². The molecule has 0 bridgehead atoms. The summed E-state index contributed by atoms with van der Waals surface area (Å²) < 4.78 is 2.09. The lowest BCUT2D eigenvalue weighted by Crippen LogP contribution is -2.17.